The fraction of sp³-hybridized carbons (Fsp3) is 0.417. The minimum Gasteiger partial charge on any atom is -0.480 e. The van der Waals surface area contributed by atoms with E-state index in [0.29, 0.717) is 26.3 Å². The summed E-state index contributed by atoms with van der Waals surface area (Å²) in [6.45, 7) is 1.54. The number of hydrogen-bond acceptors (Lipinski definition) is 3. The Balaban J connectivity index is 2.34. The number of aliphatic carboxylic acids is 1. The molecular weight excluding hydrogens is 244 g/mol. The second-order valence-electron chi connectivity index (χ2n) is 4.05. The van der Waals surface area contributed by atoms with Gasteiger partial charge in [0.2, 0.25) is 0 Å². The third-order valence-corrected chi connectivity index (χ3v) is 2.90. The summed E-state index contributed by atoms with van der Waals surface area (Å²) in [5.41, 5.74) is -0.149. The zero-order chi connectivity index (χ0) is 13.1. The Morgan fingerprint density at radius 2 is 2.00 bits per heavy atom. The van der Waals surface area contributed by atoms with Crippen LogP contribution in [0.5, 0.6) is 0 Å². The average molecular weight is 257 g/mol. The molecule has 1 saturated heterocycles. The van der Waals surface area contributed by atoms with Gasteiger partial charge in [0.15, 0.2) is 0 Å². The zero-order valence-electron chi connectivity index (χ0n) is 9.60. The van der Waals surface area contributed by atoms with Crippen molar-refractivity contribution in [3.63, 3.8) is 0 Å². The molecule has 0 aromatic heterocycles. The zero-order valence-corrected chi connectivity index (χ0v) is 9.60. The standard InChI is InChI=1S/C12H13F2NO3/c13-8-1-2-10(14)9(7-8)11(12(16)17)15-3-5-18-6-4-15/h1-2,7,11H,3-6H2,(H,16,17). The van der Waals surface area contributed by atoms with Gasteiger partial charge >= 0.3 is 5.97 Å². The largest absolute Gasteiger partial charge is 0.480 e. The van der Waals surface area contributed by atoms with Crippen LogP contribution in [-0.2, 0) is 9.53 Å². The van der Waals surface area contributed by atoms with Crippen LogP contribution in [0, 0.1) is 11.6 Å². The number of carbonyl (C=O) groups is 1. The van der Waals surface area contributed by atoms with Crippen LogP contribution in [0.4, 0.5) is 8.78 Å². The van der Waals surface area contributed by atoms with E-state index in [0.717, 1.165) is 18.2 Å². The highest BCUT2D eigenvalue weighted by atomic mass is 19.1. The second kappa shape index (κ2) is 5.41. The van der Waals surface area contributed by atoms with Crippen LogP contribution in [0.25, 0.3) is 0 Å². The van der Waals surface area contributed by atoms with Crippen molar-refractivity contribution in [1.82, 2.24) is 4.90 Å². The normalized spacial score (nSPS) is 18.6. The molecule has 1 unspecified atom stereocenters. The van der Waals surface area contributed by atoms with Gasteiger partial charge in [-0.3, -0.25) is 9.69 Å². The molecule has 1 aliphatic heterocycles. The summed E-state index contributed by atoms with van der Waals surface area (Å²) in [6, 6.07) is 1.67. The number of halogens is 2. The maximum Gasteiger partial charge on any atom is 0.325 e. The molecule has 98 valence electrons. The van der Waals surface area contributed by atoms with E-state index < -0.39 is 23.6 Å². The third kappa shape index (κ3) is 2.65. The van der Waals surface area contributed by atoms with Gasteiger partial charge in [0.25, 0.3) is 0 Å². The molecule has 4 nitrogen and oxygen atoms in total. The van der Waals surface area contributed by atoms with Crippen molar-refractivity contribution in [3.05, 3.63) is 35.4 Å². The Kier molecular flexibility index (Phi) is 3.88. The van der Waals surface area contributed by atoms with E-state index in [9.17, 15) is 18.7 Å². The van der Waals surface area contributed by atoms with E-state index in [1.54, 1.807) is 4.90 Å². The van der Waals surface area contributed by atoms with Gasteiger partial charge in [0.1, 0.15) is 17.7 Å². The Morgan fingerprint density at radius 1 is 1.33 bits per heavy atom. The van der Waals surface area contributed by atoms with E-state index in [1.807, 2.05) is 0 Å². The lowest BCUT2D eigenvalue weighted by molar-refractivity contribution is -0.145. The van der Waals surface area contributed by atoms with Crippen molar-refractivity contribution in [3.8, 4) is 0 Å². The van der Waals surface area contributed by atoms with Crippen molar-refractivity contribution in [2.75, 3.05) is 26.3 Å². The molecule has 0 radical (unpaired) electrons. The molecule has 1 fully saturated rings. The van der Waals surface area contributed by atoms with Gasteiger partial charge in [-0.1, -0.05) is 0 Å². The molecule has 6 heteroatoms. The van der Waals surface area contributed by atoms with Gasteiger partial charge in [0, 0.05) is 18.7 Å². The quantitative estimate of drug-likeness (QED) is 0.889. The molecule has 0 saturated carbocycles. The molecule has 0 bridgehead atoms. The molecule has 0 aliphatic carbocycles. The highest BCUT2D eigenvalue weighted by molar-refractivity contribution is 5.75. The maximum atomic E-state index is 13.6. The monoisotopic (exact) mass is 257 g/mol. The molecule has 1 aromatic carbocycles. The van der Waals surface area contributed by atoms with Crippen LogP contribution in [0.15, 0.2) is 18.2 Å². The van der Waals surface area contributed by atoms with Crippen LogP contribution in [0.3, 0.4) is 0 Å². The lowest BCUT2D eigenvalue weighted by Crippen LogP contribution is -2.42. The molecule has 0 spiro atoms. The Morgan fingerprint density at radius 3 is 2.61 bits per heavy atom. The first-order valence-electron chi connectivity index (χ1n) is 5.59. The molecule has 1 N–H and O–H groups in total. The Hall–Kier alpha value is -1.53. The summed E-state index contributed by atoms with van der Waals surface area (Å²) in [5.74, 6) is -2.55. The van der Waals surface area contributed by atoms with Gasteiger partial charge in [0.05, 0.1) is 13.2 Å². The lowest BCUT2D eigenvalue weighted by Gasteiger charge is -2.32. The predicted molar refractivity (Wildman–Crippen MR) is 59.1 cm³/mol. The number of carboxylic acids is 1. The number of morpholine rings is 1. The average Bonchev–Trinajstić information content (AvgIpc) is 2.35. The first-order valence-corrected chi connectivity index (χ1v) is 5.59. The van der Waals surface area contributed by atoms with Crippen LogP contribution >= 0.6 is 0 Å². The number of carboxylic acid groups (broad SMARTS) is 1. The topological polar surface area (TPSA) is 49.8 Å². The van der Waals surface area contributed by atoms with Crippen molar-refractivity contribution < 1.29 is 23.4 Å². The van der Waals surface area contributed by atoms with E-state index in [2.05, 4.69) is 0 Å². The molecule has 1 atom stereocenters. The highest BCUT2D eigenvalue weighted by Gasteiger charge is 2.31. The minimum atomic E-state index is -1.19. The lowest BCUT2D eigenvalue weighted by atomic mass is 10.0. The number of ether oxygens (including phenoxy) is 1. The van der Waals surface area contributed by atoms with Gasteiger partial charge < -0.3 is 9.84 Å². The van der Waals surface area contributed by atoms with E-state index >= 15 is 0 Å². The number of hydrogen-bond donors (Lipinski definition) is 1. The summed E-state index contributed by atoms with van der Waals surface area (Å²) >= 11 is 0. The summed E-state index contributed by atoms with van der Waals surface area (Å²) in [5, 5.41) is 9.22. The minimum absolute atomic E-state index is 0.149. The summed E-state index contributed by atoms with van der Waals surface area (Å²) in [4.78, 5) is 12.9. The van der Waals surface area contributed by atoms with Crippen molar-refractivity contribution >= 4 is 5.97 Å². The molecule has 1 heterocycles. The number of benzene rings is 1. The number of nitrogens with zero attached hydrogens (tertiary/aromatic N) is 1. The van der Waals surface area contributed by atoms with Gasteiger partial charge in [-0.25, -0.2) is 8.78 Å². The SMILES string of the molecule is O=C(O)C(c1cc(F)ccc1F)N1CCOCC1. The molecular formula is C12H13F2NO3. The Bertz CT molecular complexity index is 447. The van der Waals surface area contributed by atoms with Crippen LogP contribution in [0.2, 0.25) is 0 Å². The molecule has 0 amide bonds. The van der Waals surface area contributed by atoms with E-state index in [-0.39, 0.29) is 5.56 Å². The van der Waals surface area contributed by atoms with E-state index in [4.69, 9.17) is 4.74 Å². The van der Waals surface area contributed by atoms with Gasteiger partial charge in [-0.15, -0.1) is 0 Å². The fourth-order valence-corrected chi connectivity index (χ4v) is 2.05. The number of rotatable bonds is 3. The summed E-state index contributed by atoms with van der Waals surface area (Å²) in [7, 11) is 0. The molecule has 2 rings (SSSR count). The second-order valence-corrected chi connectivity index (χ2v) is 4.05. The first-order chi connectivity index (χ1) is 8.59. The first kappa shape index (κ1) is 12.9. The molecule has 18 heavy (non-hydrogen) atoms. The molecule has 1 aromatic rings. The predicted octanol–water partition coefficient (Wildman–Crippen LogP) is 1.42. The van der Waals surface area contributed by atoms with Crippen molar-refractivity contribution in [2.45, 2.75) is 6.04 Å². The smallest absolute Gasteiger partial charge is 0.325 e. The fourth-order valence-electron chi connectivity index (χ4n) is 2.05. The Labute approximate surface area is 103 Å². The third-order valence-electron chi connectivity index (χ3n) is 2.90. The maximum absolute atomic E-state index is 13.6. The van der Waals surface area contributed by atoms with Crippen LogP contribution < -0.4 is 0 Å². The summed E-state index contributed by atoms with van der Waals surface area (Å²) in [6.07, 6.45) is 0. The van der Waals surface area contributed by atoms with Gasteiger partial charge in [-0.2, -0.15) is 0 Å². The van der Waals surface area contributed by atoms with Crippen molar-refractivity contribution in [2.24, 2.45) is 0 Å². The van der Waals surface area contributed by atoms with Crippen LogP contribution in [-0.4, -0.2) is 42.3 Å². The van der Waals surface area contributed by atoms with Crippen LogP contribution in [0.1, 0.15) is 11.6 Å². The van der Waals surface area contributed by atoms with E-state index in [1.165, 1.54) is 0 Å². The van der Waals surface area contributed by atoms with Crippen molar-refractivity contribution in [1.29, 1.82) is 0 Å². The highest BCUT2D eigenvalue weighted by Crippen LogP contribution is 2.25. The van der Waals surface area contributed by atoms with Gasteiger partial charge in [-0.05, 0) is 18.2 Å². The summed E-state index contributed by atoms with van der Waals surface area (Å²) < 4.78 is 31.9. The molecule has 1 aliphatic rings.